The number of carbonyl (C=O) groups is 1. The van der Waals surface area contributed by atoms with Crippen LogP contribution in [0.3, 0.4) is 0 Å². The molecule has 23 heavy (non-hydrogen) atoms. The normalized spacial score (nSPS) is 29.6. The molecular formula is C17H17Cl2N3O. The highest BCUT2D eigenvalue weighted by Crippen LogP contribution is 2.38. The van der Waals surface area contributed by atoms with Crippen molar-refractivity contribution in [2.45, 2.75) is 25.4 Å². The Morgan fingerprint density at radius 3 is 2.57 bits per heavy atom. The molecule has 1 amide bonds. The molecule has 5 heterocycles. The van der Waals surface area contributed by atoms with E-state index in [0.29, 0.717) is 28.5 Å². The molecule has 1 aromatic heterocycles. The van der Waals surface area contributed by atoms with Gasteiger partial charge in [-0.15, -0.1) is 0 Å². The Morgan fingerprint density at radius 2 is 1.87 bits per heavy atom. The minimum atomic E-state index is 0.0760. The van der Waals surface area contributed by atoms with Crippen molar-refractivity contribution in [1.29, 1.82) is 0 Å². The van der Waals surface area contributed by atoms with E-state index in [1.807, 2.05) is 12.1 Å². The number of fused-ring (bicyclic) bond motifs is 6. The van der Waals surface area contributed by atoms with Gasteiger partial charge in [-0.05, 0) is 50.0 Å². The fourth-order valence-corrected chi connectivity index (χ4v) is 5.08. The zero-order valence-corrected chi connectivity index (χ0v) is 14.1. The number of rotatable bonds is 1. The zero-order valence-electron chi connectivity index (χ0n) is 12.6. The van der Waals surface area contributed by atoms with E-state index < -0.39 is 0 Å². The van der Waals surface area contributed by atoms with Crippen LogP contribution in [0.1, 0.15) is 18.5 Å². The van der Waals surface area contributed by atoms with Crippen molar-refractivity contribution >= 4 is 40.1 Å². The molecule has 4 aliphatic rings. The molecule has 0 N–H and O–H groups in total. The molecule has 3 fully saturated rings. The summed E-state index contributed by atoms with van der Waals surface area (Å²) in [6.07, 6.45) is 2.42. The van der Waals surface area contributed by atoms with Crippen LogP contribution in [0, 0.1) is 5.92 Å². The molecule has 2 aromatic rings. The first kappa shape index (κ1) is 14.1. The summed E-state index contributed by atoms with van der Waals surface area (Å²) in [7, 11) is 0. The van der Waals surface area contributed by atoms with Gasteiger partial charge in [0.2, 0.25) is 0 Å². The molecule has 0 aliphatic carbocycles. The molecule has 1 aromatic carbocycles. The Kier molecular flexibility index (Phi) is 3.00. The number of piperidine rings is 3. The minimum absolute atomic E-state index is 0.0760. The van der Waals surface area contributed by atoms with Crippen LogP contribution >= 0.6 is 23.2 Å². The van der Waals surface area contributed by atoms with Crippen LogP contribution in [-0.4, -0.2) is 46.1 Å². The monoisotopic (exact) mass is 349 g/mol. The second-order valence-corrected chi connectivity index (χ2v) is 7.75. The van der Waals surface area contributed by atoms with E-state index in [1.165, 1.54) is 25.9 Å². The van der Waals surface area contributed by atoms with E-state index in [1.54, 1.807) is 10.6 Å². The fraction of sp³-hybridized carbons (Fsp3) is 0.471. The molecule has 3 saturated heterocycles. The van der Waals surface area contributed by atoms with E-state index in [2.05, 4.69) is 9.80 Å². The Labute approximate surface area is 144 Å². The molecule has 0 saturated carbocycles. The predicted molar refractivity (Wildman–Crippen MR) is 91.2 cm³/mol. The third kappa shape index (κ3) is 1.98. The highest BCUT2D eigenvalue weighted by atomic mass is 35.5. The van der Waals surface area contributed by atoms with Gasteiger partial charge in [0.05, 0.1) is 17.1 Å². The van der Waals surface area contributed by atoms with Crippen LogP contribution < -0.4 is 0 Å². The molecule has 6 heteroatoms. The first-order chi connectivity index (χ1) is 11.1. The third-order valence-corrected chi connectivity index (χ3v) is 6.23. The zero-order chi connectivity index (χ0) is 15.7. The number of nitrogens with zero attached hydrogens (tertiary/aromatic N) is 3. The summed E-state index contributed by atoms with van der Waals surface area (Å²) < 4.78 is 1.80. The number of halogens is 2. The number of hydrogen-bond acceptors (Lipinski definition) is 2. The van der Waals surface area contributed by atoms with Crippen LogP contribution in [0.15, 0.2) is 18.2 Å². The van der Waals surface area contributed by atoms with Gasteiger partial charge >= 0.3 is 6.03 Å². The van der Waals surface area contributed by atoms with Gasteiger partial charge in [0.25, 0.3) is 0 Å². The Balaban J connectivity index is 1.55. The average Bonchev–Trinajstić information content (AvgIpc) is 3.06. The molecule has 4 aliphatic heterocycles. The summed E-state index contributed by atoms with van der Waals surface area (Å²) in [6.45, 7) is 4.06. The maximum Gasteiger partial charge on any atom is 0.329 e. The van der Waals surface area contributed by atoms with E-state index in [-0.39, 0.29) is 6.03 Å². The first-order valence-electron chi connectivity index (χ1n) is 8.14. The van der Waals surface area contributed by atoms with Gasteiger partial charge in [0.1, 0.15) is 0 Å². The van der Waals surface area contributed by atoms with E-state index in [4.69, 9.17) is 23.2 Å². The van der Waals surface area contributed by atoms with E-state index in [9.17, 15) is 4.79 Å². The van der Waals surface area contributed by atoms with Crippen molar-refractivity contribution in [3.63, 3.8) is 0 Å². The Morgan fingerprint density at radius 1 is 1.09 bits per heavy atom. The molecule has 0 radical (unpaired) electrons. The minimum Gasteiger partial charge on any atom is -0.314 e. The van der Waals surface area contributed by atoms with Gasteiger partial charge in [-0.25, -0.2) is 4.79 Å². The summed E-state index contributed by atoms with van der Waals surface area (Å²) in [6, 6.07) is 6.02. The SMILES string of the molecule is O=C1N(C2CN3CCC2CC3)Cc2cc3c(Cl)cc(Cl)cc3n21. The quantitative estimate of drug-likeness (QED) is 0.782. The van der Waals surface area contributed by atoms with Gasteiger partial charge in [-0.3, -0.25) is 4.57 Å². The number of amides is 1. The van der Waals surface area contributed by atoms with Crippen LogP contribution in [0.2, 0.25) is 10.0 Å². The topological polar surface area (TPSA) is 28.5 Å². The lowest BCUT2D eigenvalue weighted by Crippen LogP contribution is -2.57. The molecule has 1 atom stereocenters. The summed E-state index contributed by atoms with van der Waals surface area (Å²) in [5, 5.41) is 2.09. The number of aromatic nitrogens is 1. The lowest BCUT2D eigenvalue weighted by atomic mass is 9.83. The maximum atomic E-state index is 13.1. The van der Waals surface area contributed by atoms with Crippen LogP contribution in [0.5, 0.6) is 0 Å². The largest absolute Gasteiger partial charge is 0.329 e. The smallest absolute Gasteiger partial charge is 0.314 e. The van der Waals surface area contributed by atoms with Gasteiger partial charge in [0.15, 0.2) is 0 Å². The average molecular weight is 350 g/mol. The van der Waals surface area contributed by atoms with Crippen LogP contribution in [-0.2, 0) is 6.54 Å². The fourth-order valence-electron chi connectivity index (χ4n) is 4.54. The van der Waals surface area contributed by atoms with E-state index in [0.717, 1.165) is 23.1 Å². The summed E-state index contributed by atoms with van der Waals surface area (Å²) in [5.41, 5.74) is 1.84. The summed E-state index contributed by atoms with van der Waals surface area (Å²) in [5.74, 6) is 0.645. The summed E-state index contributed by atoms with van der Waals surface area (Å²) in [4.78, 5) is 17.6. The first-order valence-corrected chi connectivity index (χ1v) is 8.90. The second kappa shape index (κ2) is 4.88. The van der Waals surface area contributed by atoms with Crippen molar-refractivity contribution in [3.8, 4) is 0 Å². The third-order valence-electron chi connectivity index (χ3n) is 5.70. The number of hydrogen-bond donors (Lipinski definition) is 0. The Hall–Kier alpha value is -1.23. The Bertz CT molecular complexity index is 823. The highest BCUT2D eigenvalue weighted by molar-refractivity contribution is 6.38. The van der Waals surface area contributed by atoms with Crippen molar-refractivity contribution in [2.75, 3.05) is 19.6 Å². The summed E-state index contributed by atoms with van der Waals surface area (Å²) >= 11 is 12.4. The van der Waals surface area contributed by atoms with Gasteiger partial charge in [-0.2, -0.15) is 0 Å². The van der Waals surface area contributed by atoms with E-state index >= 15 is 0 Å². The van der Waals surface area contributed by atoms with Gasteiger partial charge < -0.3 is 9.80 Å². The predicted octanol–water partition coefficient (Wildman–Crippen LogP) is 3.83. The molecule has 4 nitrogen and oxygen atoms in total. The number of carbonyl (C=O) groups excluding carboxylic acids is 1. The van der Waals surface area contributed by atoms with Gasteiger partial charge in [-0.1, -0.05) is 23.2 Å². The van der Waals surface area contributed by atoms with Crippen molar-refractivity contribution in [2.24, 2.45) is 5.92 Å². The highest BCUT2D eigenvalue weighted by Gasteiger charge is 2.42. The standard InChI is InChI=1S/C17H17Cl2N3O/c18-11-5-14(19)13-7-12-8-21(17(23)22(12)15(13)6-11)16-9-20-3-1-10(16)2-4-20/h5-7,10,16H,1-4,8-9H2. The molecule has 2 bridgehead atoms. The van der Waals surface area contributed by atoms with Crippen LogP contribution in [0.4, 0.5) is 4.79 Å². The molecular weight excluding hydrogens is 333 g/mol. The molecule has 6 rings (SSSR count). The molecule has 0 spiro atoms. The second-order valence-electron chi connectivity index (χ2n) is 6.91. The lowest BCUT2D eigenvalue weighted by Gasteiger charge is -2.47. The van der Waals surface area contributed by atoms with Gasteiger partial charge in [0, 0.05) is 28.7 Å². The van der Waals surface area contributed by atoms with Crippen LogP contribution in [0.25, 0.3) is 10.9 Å². The lowest BCUT2D eigenvalue weighted by molar-refractivity contribution is 0.0241. The van der Waals surface area contributed by atoms with Crippen molar-refractivity contribution in [3.05, 3.63) is 33.9 Å². The van der Waals surface area contributed by atoms with Crippen molar-refractivity contribution in [1.82, 2.24) is 14.4 Å². The number of benzene rings is 1. The van der Waals surface area contributed by atoms with Crippen molar-refractivity contribution < 1.29 is 4.79 Å². The molecule has 120 valence electrons. The molecule has 1 unspecified atom stereocenters. The maximum absolute atomic E-state index is 13.1.